The van der Waals surface area contributed by atoms with Gasteiger partial charge in [-0.15, -0.1) is 0 Å². The van der Waals surface area contributed by atoms with Gasteiger partial charge in [0.2, 0.25) is 0 Å². The molecule has 0 aliphatic carbocycles. The van der Waals surface area contributed by atoms with Crippen molar-refractivity contribution in [3.63, 3.8) is 0 Å². The number of sulfonamides is 1. The molecule has 0 aliphatic rings. The SMILES string of the molecule is Cc1ccc(C(=O)c2cc(Cl)ccc2NS(=O)(=O)c2ccc(C(C)(C)c3cnco3)cc2)cn1. The Morgan fingerprint density at radius 3 is 2.38 bits per heavy atom. The molecule has 0 aliphatic heterocycles. The number of aryl methyl sites for hydroxylation is 1. The minimum Gasteiger partial charge on any atom is -0.448 e. The first-order valence-corrected chi connectivity index (χ1v) is 12.2. The average molecular weight is 496 g/mol. The summed E-state index contributed by atoms with van der Waals surface area (Å²) in [7, 11) is -3.98. The molecule has 0 unspecified atom stereocenters. The molecular weight excluding hydrogens is 474 g/mol. The minimum absolute atomic E-state index is 0.0509. The van der Waals surface area contributed by atoms with E-state index in [0.717, 1.165) is 11.3 Å². The highest BCUT2D eigenvalue weighted by Gasteiger charge is 2.27. The molecule has 0 fully saturated rings. The molecule has 4 rings (SSSR count). The van der Waals surface area contributed by atoms with E-state index in [-0.39, 0.29) is 16.1 Å². The van der Waals surface area contributed by atoms with Crippen LogP contribution >= 0.6 is 11.6 Å². The largest absolute Gasteiger partial charge is 0.448 e. The predicted molar refractivity (Wildman–Crippen MR) is 130 cm³/mol. The van der Waals surface area contributed by atoms with Gasteiger partial charge in [0.05, 0.1) is 16.8 Å². The Balaban J connectivity index is 1.64. The van der Waals surface area contributed by atoms with Gasteiger partial charge in [-0.05, 0) is 68.8 Å². The highest BCUT2D eigenvalue weighted by atomic mass is 35.5. The number of oxazole rings is 1. The number of hydrogen-bond acceptors (Lipinski definition) is 6. The third-order valence-electron chi connectivity index (χ3n) is 5.58. The number of nitrogens with zero attached hydrogens (tertiary/aromatic N) is 2. The normalized spacial score (nSPS) is 11.9. The van der Waals surface area contributed by atoms with Crippen molar-refractivity contribution in [2.75, 3.05) is 4.72 Å². The Hall–Kier alpha value is -3.49. The van der Waals surface area contributed by atoms with E-state index in [9.17, 15) is 13.2 Å². The number of ketones is 1. The molecule has 0 amide bonds. The maximum absolute atomic E-state index is 13.1. The number of pyridine rings is 1. The predicted octanol–water partition coefficient (Wildman–Crippen LogP) is 5.39. The van der Waals surface area contributed by atoms with E-state index >= 15 is 0 Å². The number of rotatable bonds is 7. The van der Waals surface area contributed by atoms with E-state index in [1.165, 1.54) is 42.9 Å². The Morgan fingerprint density at radius 1 is 1.03 bits per heavy atom. The van der Waals surface area contributed by atoms with E-state index in [1.54, 1.807) is 30.5 Å². The first-order valence-electron chi connectivity index (χ1n) is 10.4. The van der Waals surface area contributed by atoms with Gasteiger partial charge in [0, 0.05) is 33.5 Å². The van der Waals surface area contributed by atoms with Crippen molar-refractivity contribution >= 4 is 33.1 Å². The van der Waals surface area contributed by atoms with Gasteiger partial charge in [-0.1, -0.05) is 23.7 Å². The number of aromatic nitrogens is 2. The monoisotopic (exact) mass is 495 g/mol. The molecule has 2 aromatic carbocycles. The van der Waals surface area contributed by atoms with Crippen molar-refractivity contribution < 1.29 is 17.6 Å². The molecule has 0 radical (unpaired) electrons. The van der Waals surface area contributed by atoms with Crippen LogP contribution in [0.15, 0.2) is 82.7 Å². The highest BCUT2D eigenvalue weighted by molar-refractivity contribution is 7.92. The molecule has 34 heavy (non-hydrogen) atoms. The lowest BCUT2D eigenvalue weighted by Gasteiger charge is -2.22. The fourth-order valence-corrected chi connectivity index (χ4v) is 4.72. The zero-order chi connectivity index (χ0) is 24.5. The van der Waals surface area contributed by atoms with Crippen molar-refractivity contribution in [1.82, 2.24) is 9.97 Å². The molecule has 0 spiro atoms. The third-order valence-corrected chi connectivity index (χ3v) is 7.20. The van der Waals surface area contributed by atoms with Gasteiger partial charge in [-0.3, -0.25) is 14.5 Å². The fourth-order valence-electron chi connectivity index (χ4n) is 3.47. The number of hydrogen-bond donors (Lipinski definition) is 1. The molecule has 4 aromatic rings. The molecule has 0 atom stereocenters. The maximum atomic E-state index is 13.1. The lowest BCUT2D eigenvalue weighted by atomic mass is 9.83. The molecule has 0 bridgehead atoms. The van der Waals surface area contributed by atoms with Gasteiger partial charge in [0.15, 0.2) is 12.2 Å². The van der Waals surface area contributed by atoms with Crippen LogP contribution in [0.5, 0.6) is 0 Å². The minimum atomic E-state index is -3.98. The van der Waals surface area contributed by atoms with Gasteiger partial charge in [-0.2, -0.15) is 0 Å². The van der Waals surface area contributed by atoms with E-state index in [0.29, 0.717) is 16.3 Å². The number of anilines is 1. The van der Waals surface area contributed by atoms with Crippen LogP contribution in [0, 0.1) is 6.92 Å². The molecule has 2 aromatic heterocycles. The summed E-state index contributed by atoms with van der Waals surface area (Å²) in [5.41, 5.74) is 1.71. The number of carbonyl (C=O) groups is 1. The lowest BCUT2D eigenvalue weighted by Crippen LogP contribution is -2.19. The van der Waals surface area contributed by atoms with Crippen LogP contribution in [0.1, 0.15) is 46.8 Å². The van der Waals surface area contributed by atoms with E-state index in [2.05, 4.69) is 14.7 Å². The highest BCUT2D eigenvalue weighted by Crippen LogP contribution is 2.32. The second-order valence-corrected chi connectivity index (χ2v) is 10.4. The zero-order valence-electron chi connectivity index (χ0n) is 18.7. The van der Waals surface area contributed by atoms with Gasteiger partial charge < -0.3 is 4.42 Å². The van der Waals surface area contributed by atoms with Crippen molar-refractivity contribution in [2.45, 2.75) is 31.1 Å². The molecule has 0 saturated heterocycles. The van der Waals surface area contributed by atoms with Crippen LogP contribution in [0.4, 0.5) is 5.69 Å². The summed E-state index contributed by atoms with van der Waals surface area (Å²) < 4.78 is 34.2. The summed E-state index contributed by atoms with van der Waals surface area (Å²) in [5, 5.41) is 0.311. The van der Waals surface area contributed by atoms with Crippen LogP contribution in [0.3, 0.4) is 0 Å². The van der Waals surface area contributed by atoms with Crippen LogP contribution in [0.2, 0.25) is 5.02 Å². The number of halogens is 1. The summed E-state index contributed by atoms with van der Waals surface area (Å²) in [6, 6.07) is 14.2. The molecule has 9 heteroatoms. The second-order valence-electron chi connectivity index (χ2n) is 8.33. The Kier molecular flexibility index (Phi) is 6.29. The topological polar surface area (TPSA) is 102 Å². The van der Waals surface area contributed by atoms with Crippen LogP contribution in [-0.4, -0.2) is 24.2 Å². The maximum Gasteiger partial charge on any atom is 0.261 e. The quantitative estimate of drug-likeness (QED) is 0.345. The summed E-state index contributed by atoms with van der Waals surface area (Å²) in [6.07, 6.45) is 4.44. The van der Waals surface area contributed by atoms with Crippen molar-refractivity contribution in [3.8, 4) is 0 Å². The fraction of sp³-hybridized carbons (Fsp3) is 0.160. The van der Waals surface area contributed by atoms with Crippen molar-refractivity contribution in [2.24, 2.45) is 0 Å². The first-order chi connectivity index (χ1) is 16.1. The lowest BCUT2D eigenvalue weighted by molar-refractivity contribution is 0.103. The van der Waals surface area contributed by atoms with Crippen molar-refractivity contribution in [3.05, 3.63) is 107 Å². The molecule has 174 valence electrons. The smallest absolute Gasteiger partial charge is 0.261 e. The van der Waals surface area contributed by atoms with Gasteiger partial charge in [0.1, 0.15) is 5.76 Å². The number of nitrogens with one attached hydrogen (secondary N) is 1. The van der Waals surface area contributed by atoms with E-state index in [4.69, 9.17) is 16.0 Å². The van der Waals surface area contributed by atoms with E-state index in [1.807, 2.05) is 20.8 Å². The van der Waals surface area contributed by atoms with Crippen molar-refractivity contribution in [1.29, 1.82) is 0 Å². The summed E-state index contributed by atoms with van der Waals surface area (Å²) in [6.45, 7) is 5.73. The van der Waals surface area contributed by atoms with Gasteiger partial charge in [0.25, 0.3) is 10.0 Å². The first kappa shape index (κ1) is 23.7. The van der Waals surface area contributed by atoms with E-state index < -0.39 is 21.2 Å². The van der Waals surface area contributed by atoms with Crippen LogP contribution < -0.4 is 4.72 Å². The Labute approximate surface area is 202 Å². The van der Waals surface area contributed by atoms with Crippen LogP contribution in [0.25, 0.3) is 0 Å². The number of carbonyl (C=O) groups excluding carboxylic acids is 1. The Bertz CT molecular complexity index is 1430. The van der Waals surface area contributed by atoms with Crippen LogP contribution in [-0.2, 0) is 15.4 Å². The molecule has 1 N–H and O–H groups in total. The zero-order valence-corrected chi connectivity index (χ0v) is 20.3. The molecule has 0 saturated carbocycles. The standard InChI is InChI=1S/C25H22ClN3O4S/c1-16-4-5-17(13-28-16)24(30)21-12-19(26)8-11-22(21)29-34(31,32)20-9-6-18(7-10-20)25(2,3)23-14-27-15-33-23/h4-15,29H,1-3H3. The number of benzene rings is 2. The molecule has 7 nitrogen and oxygen atoms in total. The van der Waals surface area contributed by atoms with Gasteiger partial charge in [-0.25, -0.2) is 13.4 Å². The summed E-state index contributed by atoms with van der Waals surface area (Å²) in [4.78, 5) is 21.2. The second kappa shape index (κ2) is 9.04. The van der Waals surface area contributed by atoms with Gasteiger partial charge >= 0.3 is 0 Å². The summed E-state index contributed by atoms with van der Waals surface area (Å²) in [5.74, 6) is 0.271. The Morgan fingerprint density at radius 2 is 1.76 bits per heavy atom. The molecular formula is C25H22ClN3O4S. The summed E-state index contributed by atoms with van der Waals surface area (Å²) >= 11 is 6.11. The average Bonchev–Trinajstić information content (AvgIpc) is 3.36. The third kappa shape index (κ3) is 4.73. The molecule has 2 heterocycles.